The van der Waals surface area contributed by atoms with Crippen LogP contribution in [0, 0.1) is 0 Å². The number of likely N-dealkylation sites (N-methyl/N-ethyl adjacent to an activating group) is 1. The van der Waals surface area contributed by atoms with E-state index in [1.807, 2.05) is 0 Å². The first kappa shape index (κ1) is 26.4. The standard InChI is InChI=1S/C26H51N2O/c1-3-5-6-7-8-9-10-11-12-13-14-15-16-17-18-19-20-21-26-27-22-23-28(26,4-2)24-25-29/h8-9,29H,3-7,10-25H2,1-2H3/q+1/b9-8+. The molecule has 0 aromatic heterocycles. The molecular formula is C26H51N2O+. The Morgan fingerprint density at radius 3 is 1.90 bits per heavy atom. The molecule has 0 saturated heterocycles. The average molecular weight is 408 g/mol. The molecule has 0 spiro atoms. The molecule has 0 amide bonds. The van der Waals surface area contributed by atoms with E-state index < -0.39 is 0 Å². The van der Waals surface area contributed by atoms with Crippen molar-refractivity contribution >= 4 is 5.84 Å². The van der Waals surface area contributed by atoms with Crippen LogP contribution < -0.4 is 0 Å². The maximum atomic E-state index is 9.39. The first-order chi connectivity index (χ1) is 14.3. The number of allylic oxidation sites excluding steroid dienone is 2. The molecule has 1 rings (SSSR count). The van der Waals surface area contributed by atoms with Gasteiger partial charge in [0.05, 0.1) is 19.7 Å². The van der Waals surface area contributed by atoms with Crippen LogP contribution in [0.4, 0.5) is 0 Å². The van der Waals surface area contributed by atoms with Gasteiger partial charge in [-0.25, -0.2) is 4.99 Å². The van der Waals surface area contributed by atoms with Crippen molar-refractivity contribution < 1.29 is 9.59 Å². The van der Waals surface area contributed by atoms with Crippen molar-refractivity contribution in [2.45, 2.75) is 117 Å². The van der Waals surface area contributed by atoms with E-state index in [1.165, 1.54) is 102 Å². The van der Waals surface area contributed by atoms with Gasteiger partial charge in [0.2, 0.25) is 0 Å². The van der Waals surface area contributed by atoms with Crippen LogP contribution in [-0.2, 0) is 0 Å². The SMILES string of the molecule is CCCCC/C=C/CCCCCCCCCCCCC1=NCC[N+]1(CC)CCO. The minimum absolute atomic E-state index is 0.280. The summed E-state index contributed by atoms with van der Waals surface area (Å²) in [6.45, 7) is 8.77. The molecule has 1 N–H and O–H groups in total. The maximum absolute atomic E-state index is 9.39. The van der Waals surface area contributed by atoms with Crippen LogP contribution in [0.3, 0.4) is 0 Å². The highest BCUT2D eigenvalue weighted by Gasteiger charge is 2.35. The Balaban J connectivity index is 1.87. The number of nitrogens with zero attached hydrogens (tertiary/aromatic N) is 2. The van der Waals surface area contributed by atoms with Gasteiger partial charge in [-0.05, 0) is 39.0 Å². The fourth-order valence-electron chi connectivity index (χ4n) is 4.60. The summed E-state index contributed by atoms with van der Waals surface area (Å²) in [4.78, 5) is 4.76. The molecule has 1 aliphatic heterocycles. The number of unbranched alkanes of at least 4 members (excludes halogenated alkanes) is 13. The summed E-state index contributed by atoms with van der Waals surface area (Å²) in [5, 5.41) is 9.39. The van der Waals surface area contributed by atoms with E-state index in [-0.39, 0.29) is 6.61 Å². The number of rotatable bonds is 20. The second kappa shape index (κ2) is 18.1. The number of hydrogen-bond acceptors (Lipinski definition) is 2. The Morgan fingerprint density at radius 1 is 0.793 bits per heavy atom. The molecule has 0 saturated carbocycles. The smallest absolute Gasteiger partial charge is 0.198 e. The molecule has 0 aliphatic carbocycles. The third kappa shape index (κ3) is 11.9. The summed E-state index contributed by atoms with van der Waals surface area (Å²) >= 11 is 0. The molecule has 0 aromatic carbocycles. The van der Waals surface area contributed by atoms with E-state index in [0.717, 1.165) is 37.1 Å². The van der Waals surface area contributed by atoms with Crippen molar-refractivity contribution in [2.24, 2.45) is 4.99 Å². The van der Waals surface area contributed by atoms with E-state index in [4.69, 9.17) is 4.99 Å². The molecule has 0 radical (unpaired) electrons. The lowest BCUT2D eigenvalue weighted by molar-refractivity contribution is -0.835. The first-order valence-electron chi connectivity index (χ1n) is 12.9. The molecule has 1 aliphatic rings. The molecular weight excluding hydrogens is 356 g/mol. The molecule has 3 heteroatoms. The van der Waals surface area contributed by atoms with Crippen LogP contribution in [0.15, 0.2) is 17.1 Å². The lowest BCUT2D eigenvalue weighted by Gasteiger charge is -2.33. The third-order valence-electron chi connectivity index (χ3n) is 6.67. The Labute approximate surface area is 182 Å². The zero-order chi connectivity index (χ0) is 21.0. The Bertz CT molecular complexity index is 432. The lowest BCUT2D eigenvalue weighted by Crippen LogP contribution is -2.52. The van der Waals surface area contributed by atoms with Gasteiger partial charge in [0.25, 0.3) is 0 Å². The summed E-state index contributed by atoms with van der Waals surface area (Å²) < 4.78 is 0.950. The van der Waals surface area contributed by atoms with Crippen molar-refractivity contribution in [3.05, 3.63) is 12.2 Å². The second-order valence-corrected chi connectivity index (χ2v) is 8.97. The number of aliphatic hydroxyl groups is 1. The monoisotopic (exact) mass is 407 g/mol. The molecule has 170 valence electrons. The highest BCUT2D eigenvalue weighted by atomic mass is 16.3. The van der Waals surface area contributed by atoms with Gasteiger partial charge in [0, 0.05) is 6.42 Å². The lowest BCUT2D eigenvalue weighted by atomic mass is 10.0. The van der Waals surface area contributed by atoms with E-state index >= 15 is 0 Å². The normalized spacial score (nSPS) is 19.3. The van der Waals surface area contributed by atoms with Gasteiger partial charge >= 0.3 is 0 Å². The largest absolute Gasteiger partial charge is 0.390 e. The molecule has 0 fully saturated rings. The predicted molar refractivity (Wildman–Crippen MR) is 129 cm³/mol. The van der Waals surface area contributed by atoms with Crippen molar-refractivity contribution in [3.8, 4) is 0 Å². The van der Waals surface area contributed by atoms with Crippen molar-refractivity contribution in [2.75, 3.05) is 32.8 Å². The summed E-state index contributed by atoms with van der Waals surface area (Å²) in [7, 11) is 0. The molecule has 1 heterocycles. The predicted octanol–water partition coefficient (Wildman–Crippen LogP) is 7.05. The average Bonchev–Trinajstić information content (AvgIpc) is 3.13. The Morgan fingerprint density at radius 2 is 1.34 bits per heavy atom. The maximum Gasteiger partial charge on any atom is 0.198 e. The van der Waals surface area contributed by atoms with Crippen LogP contribution >= 0.6 is 0 Å². The Hall–Kier alpha value is -0.670. The number of amidine groups is 1. The molecule has 1 unspecified atom stereocenters. The third-order valence-corrected chi connectivity index (χ3v) is 6.67. The zero-order valence-corrected chi connectivity index (χ0v) is 19.8. The molecule has 3 nitrogen and oxygen atoms in total. The Kier molecular flexibility index (Phi) is 16.5. The van der Waals surface area contributed by atoms with Crippen molar-refractivity contribution in [1.82, 2.24) is 0 Å². The van der Waals surface area contributed by atoms with Crippen LogP contribution in [0.1, 0.15) is 117 Å². The van der Waals surface area contributed by atoms with Crippen LogP contribution in [0.25, 0.3) is 0 Å². The van der Waals surface area contributed by atoms with Gasteiger partial charge in [0.15, 0.2) is 5.84 Å². The summed E-state index contributed by atoms with van der Waals surface area (Å²) in [6.07, 6.45) is 26.4. The summed E-state index contributed by atoms with van der Waals surface area (Å²) in [5.41, 5.74) is 0. The van der Waals surface area contributed by atoms with Gasteiger partial charge in [-0.15, -0.1) is 0 Å². The van der Waals surface area contributed by atoms with Gasteiger partial charge < -0.3 is 5.11 Å². The molecule has 0 aromatic rings. The van der Waals surface area contributed by atoms with Crippen molar-refractivity contribution in [3.63, 3.8) is 0 Å². The minimum Gasteiger partial charge on any atom is -0.390 e. The quantitative estimate of drug-likeness (QED) is 0.131. The van der Waals surface area contributed by atoms with Crippen molar-refractivity contribution in [1.29, 1.82) is 0 Å². The number of aliphatic imine (C=N–C) groups is 1. The fraction of sp³-hybridized carbons (Fsp3) is 0.885. The van der Waals surface area contributed by atoms with Crippen LogP contribution in [-0.4, -0.2) is 48.2 Å². The van der Waals surface area contributed by atoms with Gasteiger partial charge in [-0.1, -0.05) is 83.3 Å². The van der Waals surface area contributed by atoms with E-state index in [0.29, 0.717) is 0 Å². The molecule has 29 heavy (non-hydrogen) atoms. The second-order valence-electron chi connectivity index (χ2n) is 8.97. The number of hydrogen-bond donors (Lipinski definition) is 1. The minimum atomic E-state index is 0.280. The fourth-order valence-corrected chi connectivity index (χ4v) is 4.60. The van der Waals surface area contributed by atoms with Gasteiger partial charge in [-0.2, -0.15) is 0 Å². The van der Waals surface area contributed by atoms with Gasteiger partial charge in [-0.3, -0.25) is 4.48 Å². The number of aliphatic hydroxyl groups excluding tert-OH is 1. The van der Waals surface area contributed by atoms with E-state index in [1.54, 1.807) is 0 Å². The van der Waals surface area contributed by atoms with Crippen LogP contribution in [0.5, 0.6) is 0 Å². The summed E-state index contributed by atoms with van der Waals surface area (Å²) in [6, 6.07) is 0. The summed E-state index contributed by atoms with van der Waals surface area (Å²) in [5.74, 6) is 1.36. The molecule has 1 atom stereocenters. The number of quaternary nitrogens is 1. The van der Waals surface area contributed by atoms with E-state index in [2.05, 4.69) is 26.0 Å². The highest BCUT2D eigenvalue weighted by Crippen LogP contribution is 2.20. The van der Waals surface area contributed by atoms with Gasteiger partial charge in [0.1, 0.15) is 13.1 Å². The van der Waals surface area contributed by atoms with E-state index in [9.17, 15) is 5.11 Å². The first-order valence-corrected chi connectivity index (χ1v) is 12.9. The molecule has 0 bridgehead atoms. The zero-order valence-electron chi connectivity index (χ0n) is 19.8. The topological polar surface area (TPSA) is 32.6 Å². The van der Waals surface area contributed by atoms with Crippen LogP contribution in [0.2, 0.25) is 0 Å². The highest BCUT2D eigenvalue weighted by molar-refractivity contribution is 5.76.